The van der Waals surface area contributed by atoms with Gasteiger partial charge >= 0.3 is 12.1 Å². The highest BCUT2D eigenvalue weighted by Gasteiger charge is 2.30. The first-order chi connectivity index (χ1) is 16.5. The number of nitrogens with zero attached hydrogens (tertiary/aromatic N) is 2. The second-order valence-corrected chi connectivity index (χ2v) is 9.67. The van der Waals surface area contributed by atoms with Crippen molar-refractivity contribution < 1.29 is 28.7 Å². The third kappa shape index (κ3) is 10.9. The van der Waals surface area contributed by atoms with Crippen LogP contribution >= 0.6 is 0 Å². The lowest BCUT2D eigenvalue weighted by Gasteiger charge is -2.27. The molecule has 0 spiro atoms. The van der Waals surface area contributed by atoms with Crippen molar-refractivity contribution in [3.05, 3.63) is 23.9 Å². The van der Waals surface area contributed by atoms with Gasteiger partial charge < -0.3 is 14.8 Å². The molecule has 0 aromatic carbocycles. The fourth-order valence-electron chi connectivity index (χ4n) is 3.43. The monoisotopic (exact) mass is 490 g/mol. The molecule has 2 rings (SSSR count). The summed E-state index contributed by atoms with van der Waals surface area (Å²) in [5, 5.41) is 5.73. The van der Waals surface area contributed by atoms with Crippen molar-refractivity contribution >= 4 is 29.7 Å². The van der Waals surface area contributed by atoms with Gasteiger partial charge in [-0.15, -0.1) is 0 Å². The van der Waals surface area contributed by atoms with Gasteiger partial charge in [0, 0.05) is 24.2 Å². The Kier molecular flexibility index (Phi) is 10.6. The highest BCUT2D eigenvalue weighted by Crippen LogP contribution is 2.19. The number of aryl methyl sites for hydroxylation is 1. The number of rotatable bonds is 12. The summed E-state index contributed by atoms with van der Waals surface area (Å²) in [4.78, 5) is 55.3. The average Bonchev–Trinajstić information content (AvgIpc) is 3.56. The molecule has 10 nitrogen and oxygen atoms in total. The molecule has 35 heavy (non-hydrogen) atoms. The van der Waals surface area contributed by atoms with Crippen LogP contribution in [0.25, 0.3) is 0 Å². The molecule has 1 fully saturated rings. The van der Waals surface area contributed by atoms with Crippen LogP contribution in [0, 0.1) is 0 Å². The lowest BCUT2D eigenvalue weighted by atomic mass is 10.1. The maximum absolute atomic E-state index is 13.0. The van der Waals surface area contributed by atoms with Crippen LogP contribution in [0.5, 0.6) is 0 Å². The number of anilines is 1. The van der Waals surface area contributed by atoms with Crippen LogP contribution < -0.4 is 10.6 Å². The first-order valence-corrected chi connectivity index (χ1v) is 12.2. The van der Waals surface area contributed by atoms with Gasteiger partial charge in [0.05, 0.1) is 19.6 Å². The van der Waals surface area contributed by atoms with E-state index in [-0.39, 0.29) is 37.8 Å². The van der Waals surface area contributed by atoms with Crippen LogP contribution in [0.4, 0.5) is 10.6 Å². The number of hydrogen-bond donors (Lipinski definition) is 2. The predicted molar refractivity (Wildman–Crippen MR) is 131 cm³/mol. The number of ether oxygens (including phenoxy) is 2. The van der Waals surface area contributed by atoms with Gasteiger partial charge in [-0.1, -0.05) is 6.07 Å². The summed E-state index contributed by atoms with van der Waals surface area (Å²) < 4.78 is 10.2. The molecule has 1 aromatic rings. The highest BCUT2D eigenvalue weighted by atomic mass is 16.6. The van der Waals surface area contributed by atoms with Crippen molar-refractivity contribution in [3.8, 4) is 0 Å². The van der Waals surface area contributed by atoms with E-state index in [1.807, 2.05) is 0 Å². The van der Waals surface area contributed by atoms with Crippen LogP contribution in [0.1, 0.15) is 72.4 Å². The van der Waals surface area contributed by atoms with Crippen molar-refractivity contribution in [2.45, 2.75) is 90.8 Å². The van der Waals surface area contributed by atoms with Crippen LogP contribution in [-0.4, -0.2) is 64.6 Å². The van der Waals surface area contributed by atoms with E-state index in [1.54, 1.807) is 52.8 Å². The molecule has 0 radical (unpaired) electrons. The lowest BCUT2D eigenvalue weighted by molar-refractivity contribution is -0.150. The molecule has 0 saturated heterocycles. The molecule has 194 valence electrons. The molecule has 1 atom stereocenters. The average molecular weight is 491 g/mol. The molecule has 3 amide bonds. The zero-order valence-electron chi connectivity index (χ0n) is 21.4. The zero-order chi connectivity index (χ0) is 26.0. The molecule has 1 aliphatic carbocycles. The fourth-order valence-corrected chi connectivity index (χ4v) is 3.43. The van der Waals surface area contributed by atoms with Crippen molar-refractivity contribution in [1.82, 2.24) is 15.2 Å². The van der Waals surface area contributed by atoms with Crippen molar-refractivity contribution in [1.29, 1.82) is 0 Å². The van der Waals surface area contributed by atoms with E-state index in [1.165, 1.54) is 4.90 Å². The number of carbonyl (C=O) groups excluding carboxylic acids is 4. The molecule has 1 heterocycles. The molecule has 10 heteroatoms. The Balaban J connectivity index is 1.93. The number of nitrogens with one attached hydrogen (secondary N) is 2. The van der Waals surface area contributed by atoms with Crippen molar-refractivity contribution in [3.63, 3.8) is 0 Å². The zero-order valence-corrected chi connectivity index (χ0v) is 21.4. The Labute approximate surface area is 207 Å². The number of pyridine rings is 1. The summed E-state index contributed by atoms with van der Waals surface area (Å²) in [5.74, 6) is -0.777. The van der Waals surface area contributed by atoms with Crippen molar-refractivity contribution in [2.75, 3.05) is 18.5 Å². The number of amides is 3. The molecule has 2 N–H and O–H groups in total. The van der Waals surface area contributed by atoms with Crippen LogP contribution in [0.3, 0.4) is 0 Å². The second-order valence-electron chi connectivity index (χ2n) is 9.67. The van der Waals surface area contributed by atoms with Crippen LogP contribution in [0.15, 0.2) is 18.2 Å². The Hall–Kier alpha value is -3.01. The summed E-state index contributed by atoms with van der Waals surface area (Å²) in [7, 11) is 0. The van der Waals surface area contributed by atoms with Gasteiger partial charge in [0.1, 0.15) is 11.4 Å². The van der Waals surface area contributed by atoms with Gasteiger partial charge in [0.15, 0.2) is 0 Å². The predicted octanol–water partition coefficient (Wildman–Crippen LogP) is 3.20. The SMILES string of the molecule is CCOC(=O)CC(C)N(C(=O)CCCc1cccc(NC(=O)OC(C)(C)C)n1)C(=O)CNC1CC1. The van der Waals surface area contributed by atoms with Gasteiger partial charge in [-0.25, -0.2) is 9.78 Å². The van der Waals surface area contributed by atoms with E-state index in [0.717, 1.165) is 12.8 Å². The Morgan fingerprint density at radius 2 is 1.89 bits per heavy atom. The van der Waals surface area contributed by atoms with Gasteiger partial charge in [0.2, 0.25) is 11.8 Å². The van der Waals surface area contributed by atoms with Gasteiger partial charge in [0.25, 0.3) is 0 Å². The van der Waals surface area contributed by atoms with Gasteiger partial charge in [-0.3, -0.25) is 24.6 Å². The number of imide groups is 1. The quantitative estimate of drug-likeness (QED) is 0.428. The summed E-state index contributed by atoms with van der Waals surface area (Å²) in [6.45, 7) is 9.01. The first kappa shape index (κ1) is 28.2. The molecular formula is C25H38N4O6. The van der Waals surface area contributed by atoms with E-state index >= 15 is 0 Å². The number of esters is 1. The molecule has 1 saturated carbocycles. The summed E-state index contributed by atoms with van der Waals surface area (Å²) in [6, 6.07) is 4.94. The van der Waals surface area contributed by atoms with E-state index in [9.17, 15) is 19.2 Å². The molecular weight excluding hydrogens is 452 g/mol. The second kappa shape index (κ2) is 13.2. The smallest absolute Gasteiger partial charge is 0.413 e. The molecule has 1 aliphatic rings. The first-order valence-electron chi connectivity index (χ1n) is 12.2. The Morgan fingerprint density at radius 1 is 1.17 bits per heavy atom. The van der Waals surface area contributed by atoms with Crippen LogP contribution in [0.2, 0.25) is 0 Å². The number of aromatic nitrogens is 1. The van der Waals surface area contributed by atoms with E-state index in [0.29, 0.717) is 30.4 Å². The summed E-state index contributed by atoms with van der Waals surface area (Å²) >= 11 is 0. The Morgan fingerprint density at radius 3 is 2.51 bits per heavy atom. The number of hydrogen-bond acceptors (Lipinski definition) is 8. The molecule has 0 aliphatic heterocycles. The van der Waals surface area contributed by atoms with E-state index in [4.69, 9.17) is 9.47 Å². The normalized spacial score (nSPS) is 14.1. The summed E-state index contributed by atoms with van der Waals surface area (Å²) in [5.41, 5.74) is 0.0726. The molecule has 0 bridgehead atoms. The fraction of sp³-hybridized carbons (Fsp3) is 0.640. The third-order valence-electron chi connectivity index (χ3n) is 5.12. The molecule has 1 unspecified atom stereocenters. The topological polar surface area (TPSA) is 127 Å². The van der Waals surface area contributed by atoms with Crippen molar-refractivity contribution in [2.24, 2.45) is 0 Å². The highest BCUT2D eigenvalue weighted by molar-refractivity contribution is 5.97. The minimum atomic E-state index is -0.621. The molecule has 1 aromatic heterocycles. The standard InChI is InChI=1S/C25H38N4O6/c1-6-34-23(32)15-17(2)29(22(31)16-26-18-13-14-18)21(30)12-8-10-19-9-7-11-20(27-19)28-24(33)35-25(3,4)5/h7,9,11,17-18,26H,6,8,10,12-16H2,1-5H3,(H,27,28,33). The lowest BCUT2D eigenvalue weighted by Crippen LogP contribution is -2.48. The van der Waals surface area contributed by atoms with E-state index < -0.39 is 23.7 Å². The van der Waals surface area contributed by atoms with Crippen LogP contribution in [-0.2, 0) is 30.3 Å². The van der Waals surface area contributed by atoms with Gasteiger partial charge in [-0.05, 0) is 72.4 Å². The maximum atomic E-state index is 13.0. The minimum absolute atomic E-state index is 0.0469. The van der Waals surface area contributed by atoms with Gasteiger partial charge in [-0.2, -0.15) is 0 Å². The minimum Gasteiger partial charge on any atom is -0.466 e. The largest absolute Gasteiger partial charge is 0.466 e. The summed E-state index contributed by atoms with van der Waals surface area (Å²) in [6.07, 6.45) is 2.45. The van der Waals surface area contributed by atoms with E-state index in [2.05, 4.69) is 15.6 Å². The maximum Gasteiger partial charge on any atom is 0.413 e. The number of carbonyl (C=O) groups is 4. The Bertz CT molecular complexity index is 894. The third-order valence-corrected chi connectivity index (χ3v) is 5.12.